The third-order valence-electron chi connectivity index (χ3n) is 27.7. The van der Waals surface area contributed by atoms with Gasteiger partial charge in [-0.2, -0.15) is 34.1 Å². The fourth-order valence-electron chi connectivity index (χ4n) is 19.7. The van der Waals surface area contributed by atoms with Gasteiger partial charge < -0.3 is 50.9 Å². The molecule has 17 rings (SSSR count). The summed E-state index contributed by atoms with van der Waals surface area (Å²) in [4.78, 5) is 86.2. The Morgan fingerprint density at radius 1 is 0.486 bits per heavy atom. The fourth-order valence-corrected chi connectivity index (χ4v) is 31.2. The summed E-state index contributed by atoms with van der Waals surface area (Å²) in [7, 11) is -19.4. The number of allylic oxidation sites excluding steroid dienone is 4. The number of anilines is 6. The summed E-state index contributed by atoms with van der Waals surface area (Å²) in [5.41, 5.74) is 14.3. The number of imidazole rings is 3. The molecule has 0 radical (unpaired) electrons. The summed E-state index contributed by atoms with van der Waals surface area (Å²) in [6, 6.07) is 24.0. The Morgan fingerprint density at radius 3 is 1.40 bits per heavy atom. The minimum Gasteiger partial charge on any atom is -0.370 e. The van der Waals surface area contributed by atoms with E-state index in [-0.39, 0.29) is 87.6 Å². The molecule has 7 fully saturated rings. The summed E-state index contributed by atoms with van der Waals surface area (Å²) in [6.45, 7) is 36.0. The maximum atomic E-state index is 12.9. The highest BCUT2D eigenvalue weighted by Gasteiger charge is 2.45. The van der Waals surface area contributed by atoms with Crippen molar-refractivity contribution in [2.75, 3.05) is 140 Å². The van der Waals surface area contributed by atoms with Gasteiger partial charge in [0, 0.05) is 162 Å². The number of likely N-dealkylation sites (N-methyl/N-ethyl adjacent to an activating group) is 4. The summed E-state index contributed by atoms with van der Waals surface area (Å²) >= 11 is 0. The lowest BCUT2D eigenvalue weighted by Gasteiger charge is -2.40. The zero-order valence-corrected chi connectivity index (χ0v) is 84.5. The van der Waals surface area contributed by atoms with E-state index in [9.17, 15) is 69.7 Å². The van der Waals surface area contributed by atoms with E-state index in [0.29, 0.717) is 88.2 Å². The Kier molecular flexibility index (Phi) is 31.9. The lowest BCUT2D eigenvalue weighted by molar-refractivity contribution is 0.101. The van der Waals surface area contributed by atoms with Gasteiger partial charge in [0.1, 0.15) is 0 Å². The first-order chi connectivity index (χ1) is 65.4. The number of rotatable bonds is 19. The quantitative estimate of drug-likeness (QED) is 0.0340. The van der Waals surface area contributed by atoms with Gasteiger partial charge in [-0.1, -0.05) is 108 Å². The van der Waals surface area contributed by atoms with Gasteiger partial charge in [0.25, 0.3) is 44.0 Å². The van der Waals surface area contributed by atoms with Crippen LogP contribution in [0, 0.1) is 43.7 Å². The Morgan fingerprint density at radius 2 is 0.949 bits per heavy atom. The van der Waals surface area contributed by atoms with Crippen LogP contribution in [-0.4, -0.2) is 239 Å². The van der Waals surface area contributed by atoms with E-state index < -0.39 is 84.2 Å². The molecule has 6 aliphatic heterocycles. The van der Waals surface area contributed by atoms with E-state index in [1.807, 2.05) is 64.1 Å². The van der Waals surface area contributed by atoms with Gasteiger partial charge in [-0.05, 0) is 202 Å². The molecule has 4 aromatic heterocycles. The molecule has 37 nitrogen and oxygen atoms in total. The van der Waals surface area contributed by atoms with Crippen LogP contribution in [0.4, 0.5) is 45.6 Å². The van der Waals surface area contributed by atoms with Crippen molar-refractivity contribution in [2.24, 2.45) is 16.7 Å². The summed E-state index contributed by atoms with van der Waals surface area (Å²) in [5.74, 6) is -2.49. The zero-order chi connectivity index (χ0) is 99.2. The second kappa shape index (κ2) is 42.7. The molecule has 8 aromatic rings. The molecule has 1 spiro atoms. The summed E-state index contributed by atoms with van der Waals surface area (Å²) in [6.07, 6.45) is 27.6. The van der Waals surface area contributed by atoms with Crippen LogP contribution in [0.3, 0.4) is 0 Å². The Balaban J connectivity index is 0.000000147. The van der Waals surface area contributed by atoms with Crippen molar-refractivity contribution in [1.29, 1.82) is 0 Å². The van der Waals surface area contributed by atoms with Crippen molar-refractivity contribution in [3.63, 3.8) is 0 Å². The number of amides is 4. The minimum atomic E-state index is -3.96. The van der Waals surface area contributed by atoms with Crippen LogP contribution in [0.5, 0.6) is 0 Å². The van der Waals surface area contributed by atoms with Crippen molar-refractivity contribution in [3.8, 4) is 0 Å². The Labute approximate surface area is 810 Å². The minimum absolute atomic E-state index is 0.00885. The van der Waals surface area contributed by atoms with Crippen molar-refractivity contribution in [2.45, 2.75) is 182 Å². The van der Waals surface area contributed by atoms with E-state index in [1.165, 1.54) is 66.1 Å². The standard InChI is InChI=1S/C26H30N4O5S2.C24H36N6O3S.C23H31N7O3S.C22H28N4O5S2/c1-27-21-14-24(28-15-21)25(31)29-23-6-5-19(20-16-36(32,33)30-37(34,35)17-20)13-22(23)18-7-11-26(12-8-18)9-3-2-4-10-26;1-5-29-15-20(16-30(6-2)34(29,32)33)19-7-8-21(27-24(31)23-25-14-18(4)26-23)22(13-19)28-11-9-17(3)10-12-28;1-23(2)8-10-30(11-9-23)19-12-16(17-14-28(4)34(32,33)29(5)15-17)6-7-18(19)26-22(31)21-25-13-20(24-3)27-21;1-3-26-32(28,29)13-18(14-33(26,30)31)17-9-10-20(19(11-17)16-7-5-4-6-8-16)25-22(27)21-23-12-15(2)24-21/h5-7,13-15,20,28,30H,2-4,8-12,16-17H2,(H,29,31);7-8,13-14,17,20H,5-6,9-12,15-16H2,1-4H3,(H,25,26)(H,27,31);6-7,12-13,17H,8-11,14-15H2,1-2,4-5H3,(H,25,27)(H,26,31);7,9-12,18H,3-6,8,13-14H2,1-2H3,(H,23,24)(H,25,27). The van der Waals surface area contributed by atoms with Crippen molar-refractivity contribution in [3.05, 3.63) is 207 Å². The number of hydrogen-bond donors (Lipinski definition) is 9. The molecule has 138 heavy (non-hydrogen) atoms. The van der Waals surface area contributed by atoms with Crippen molar-refractivity contribution < 1.29 is 69.7 Å². The topological polar surface area (TPSA) is 466 Å². The van der Waals surface area contributed by atoms with Crippen LogP contribution in [0.15, 0.2) is 116 Å². The molecular formula is C95H125N21O16S6. The third-order valence-corrected chi connectivity index (χ3v) is 40.2. The van der Waals surface area contributed by atoms with Gasteiger partial charge in [0.05, 0.1) is 64.2 Å². The number of piperidine rings is 2. The van der Waals surface area contributed by atoms with Crippen LogP contribution in [0.2, 0.25) is 0 Å². The number of hydrogen-bond acceptors (Lipinski definition) is 21. The molecule has 742 valence electrons. The van der Waals surface area contributed by atoms with Gasteiger partial charge >= 0.3 is 5.91 Å². The molecule has 0 atom stereocenters. The van der Waals surface area contributed by atoms with Gasteiger partial charge in [-0.3, -0.25) is 24.2 Å². The van der Waals surface area contributed by atoms with Gasteiger partial charge in [-0.15, -0.1) is 4.13 Å². The van der Waals surface area contributed by atoms with E-state index in [0.717, 1.165) is 159 Å². The largest absolute Gasteiger partial charge is 0.370 e. The first-order valence-corrected chi connectivity index (χ1v) is 56.3. The number of aryl methyl sites for hydroxylation is 2. The molecule has 0 bridgehead atoms. The summed E-state index contributed by atoms with van der Waals surface area (Å²) in [5, 5.41) is 11.8. The van der Waals surface area contributed by atoms with E-state index >= 15 is 0 Å². The lowest BCUT2D eigenvalue weighted by atomic mass is 9.65. The number of nitrogens with zero attached hydrogens (tertiary/aromatic N) is 12. The summed E-state index contributed by atoms with van der Waals surface area (Å²) < 4.78 is 158. The fraction of sp³-hybridized carbons (Fsp3) is 0.505. The number of carbonyl (C=O) groups is 4. The molecular weight excluding hydrogens is 1880 g/mol. The van der Waals surface area contributed by atoms with E-state index in [1.54, 1.807) is 63.5 Å². The number of benzene rings is 4. The molecule has 10 heterocycles. The monoisotopic (exact) mass is 2010 g/mol. The number of carbonyl (C=O) groups excluding carboxylic acids is 4. The third kappa shape index (κ3) is 24.4. The number of aromatic amines is 4. The van der Waals surface area contributed by atoms with Gasteiger partial charge in [0.15, 0.2) is 11.6 Å². The molecule has 4 aromatic carbocycles. The number of sulfonamides is 4. The highest BCUT2D eigenvalue weighted by molar-refractivity contribution is 8.05. The number of aromatic nitrogens is 7. The second-order valence-electron chi connectivity index (χ2n) is 38.3. The number of H-pyrrole nitrogens is 4. The normalized spacial score (nSPS) is 21.3. The van der Waals surface area contributed by atoms with Gasteiger partial charge in [0.2, 0.25) is 51.6 Å². The zero-order valence-electron chi connectivity index (χ0n) is 79.6. The highest BCUT2D eigenvalue weighted by atomic mass is 32.3. The average molecular weight is 2010 g/mol. The van der Waals surface area contributed by atoms with Crippen molar-refractivity contribution in [1.82, 2.24) is 59.9 Å². The lowest BCUT2D eigenvalue weighted by Crippen LogP contribution is -2.52. The predicted octanol–water partition coefficient (Wildman–Crippen LogP) is 13.9. The molecule has 3 aliphatic carbocycles. The first-order valence-electron chi connectivity index (χ1n) is 47.0. The van der Waals surface area contributed by atoms with Gasteiger partial charge in [-0.25, -0.2) is 53.5 Å². The van der Waals surface area contributed by atoms with E-state index in [4.69, 9.17) is 13.1 Å². The van der Waals surface area contributed by atoms with Crippen LogP contribution >= 0.6 is 0 Å². The Hall–Kier alpha value is -10.8. The second-order valence-corrected chi connectivity index (χ2v) is 50.2. The molecule has 9 aliphatic rings. The molecule has 6 saturated heterocycles. The highest BCUT2D eigenvalue weighted by Crippen LogP contribution is 2.50. The van der Waals surface area contributed by atoms with E-state index in [2.05, 4.69) is 121 Å². The van der Waals surface area contributed by atoms with Crippen molar-refractivity contribution >= 4 is 141 Å². The van der Waals surface area contributed by atoms with Crippen LogP contribution in [0.1, 0.15) is 255 Å². The Bertz CT molecular complexity index is 6660. The maximum Gasteiger partial charge on any atom is 0.314 e. The molecule has 43 heteroatoms. The SMILES string of the molecule is CCN1CC(c2ccc(NC(=O)c3ncc(C)[nH]3)c(N3CCC(C)CC3)c2)CN(CC)S1(=O)=O.CCN1S(=O)(=O)CC(c2ccc(NC(=O)c3ncc(C)[nH]3)c(C3=CCCCC3)c2)CS1(=O)=O.[C-]#[N+]c1c[nH]c(C(=O)Nc2ccc(C3CS(=O)(=O)NS(=O)(=O)C3)cc2C2=CCC3(CCCCC3)CC2)c1.[C-]#[N+]c1cnc(C(=O)Nc2ccc(C3CN(C)S(=O)(=O)N(C)C3)cc2N2CCC(C)(C)CC2)[nH]1. The smallest absolute Gasteiger partial charge is 0.314 e. The molecule has 9 N–H and O–H groups in total. The maximum absolute atomic E-state index is 12.9. The molecule has 4 amide bonds. The van der Waals surface area contributed by atoms with Crippen LogP contribution in [-0.2, 0) is 60.5 Å². The first kappa shape index (κ1) is 103. The molecule has 0 unspecified atom stereocenters. The van der Waals surface area contributed by atoms with Crippen LogP contribution in [0.25, 0.3) is 20.8 Å². The van der Waals surface area contributed by atoms with Crippen LogP contribution < -0.4 is 35.2 Å². The average Bonchev–Trinajstić information content (AvgIpc) is 0.765. The number of nitrogens with one attached hydrogen (secondary N) is 9. The molecule has 1 saturated carbocycles. The predicted molar refractivity (Wildman–Crippen MR) is 535 cm³/mol.